The molecule has 1 heterocycles. The average molecular weight is 335 g/mol. The third-order valence-electron chi connectivity index (χ3n) is 3.25. The first-order valence-electron chi connectivity index (χ1n) is 7.47. The van der Waals surface area contributed by atoms with Gasteiger partial charge in [-0.2, -0.15) is 0 Å². The highest BCUT2D eigenvalue weighted by molar-refractivity contribution is 7.99. The van der Waals surface area contributed by atoms with Gasteiger partial charge < -0.3 is 14.4 Å². The predicted octanol–water partition coefficient (Wildman–Crippen LogP) is 3.20. The molecule has 2 rings (SSSR count). The number of aromatic nitrogens is 3. The summed E-state index contributed by atoms with van der Waals surface area (Å²) < 4.78 is 7.61. The molecule has 1 aromatic heterocycles. The second kappa shape index (κ2) is 8.01. The van der Waals surface area contributed by atoms with E-state index in [1.54, 1.807) is 30.0 Å². The average Bonchev–Trinajstić information content (AvgIpc) is 2.88. The van der Waals surface area contributed by atoms with Crippen molar-refractivity contribution in [3.63, 3.8) is 0 Å². The lowest BCUT2D eigenvalue weighted by molar-refractivity contribution is 0.0696. The van der Waals surface area contributed by atoms with Gasteiger partial charge in [0.05, 0.1) is 12.2 Å². The second-order valence-corrected chi connectivity index (χ2v) is 6.50. The minimum Gasteiger partial charge on any atom is -0.494 e. The largest absolute Gasteiger partial charge is 0.494 e. The van der Waals surface area contributed by atoms with Crippen LogP contribution in [0.5, 0.6) is 5.75 Å². The van der Waals surface area contributed by atoms with Gasteiger partial charge in [-0.05, 0) is 24.6 Å². The van der Waals surface area contributed by atoms with Crippen LogP contribution in [0.25, 0.3) is 0 Å². The fourth-order valence-electron chi connectivity index (χ4n) is 2.09. The smallest absolute Gasteiger partial charge is 0.335 e. The van der Waals surface area contributed by atoms with E-state index in [4.69, 9.17) is 9.84 Å². The van der Waals surface area contributed by atoms with Crippen molar-refractivity contribution in [1.82, 2.24) is 14.8 Å². The molecular formula is C16H21N3O3S. The molecule has 0 aliphatic rings. The number of thioether (sulfide) groups is 1. The van der Waals surface area contributed by atoms with Gasteiger partial charge in [-0.25, -0.2) is 4.79 Å². The summed E-state index contributed by atoms with van der Waals surface area (Å²) in [4.78, 5) is 10.9. The maximum absolute atomic E-state index is 10.9. The van der Waals surface area contributed by atoms with Crippen molar-refractivity contribution in [3.8, 4) is 5.75 Å². The first-order valence-corrected chi connectivity index (χ1v) is 8.46. The van der Waals surface area contributed by atoms with Gasteiger partial charge >= 0.3 is 5.97 Å². The second-order valence-electron chi connectivity index (χ2n) is 5.44. The molecule has 124 valence electrons. The third-order valence-corrected chi connectivity index (χ3v) is 4.36. The quantitative estimate of drug-likeness (QED) is 0.590. The summed E-state index contributed by atoms with van der Waals surface area (Å²) in [5.41, 5.74) is 0.233. The Hall–Kier alpha value is -2.02. The topological polar surface area (TPSA) is 77.2 Å². The van der Waals surface area contributed by atoms with E-state index in [-0.39, 0.29) is 5.56 Å². The maximum atomic E-state index is 10.9. The van der Waals surface area contributed by atoms with Crippen LogP contribution in [-0.2, 0) is 7.05 Å². The van der Waals surface area contributed by atoms with E-state index in [1.165, 1.54) is 6.07 Å². The Morgan fingerprint density at radius 2 is 2.17 bits per heavy atom. The van der Waals surface area contributed by atoms with Crippen LogP contribution in [0.2, 0.25) is 0 Å². The van der Waals surface area contributed by atoms with Gasteiger partial charge in [-0.15, -0.1) is 10.2 Å². The summed E-state index contributed by atoms with van der Waals surface area (Å²) in [7, 11) is 1.98. The molecule has 0 atom stereocenters. The van der Waals surface area contributed by atoms with Crippen molar-refractivity contribution in [2.45, 2.75) is 31.3 Å². The Balaban J connectivity index is 1.76. The van der Waals surface area contributed by atoms with Gasteiger partial charge in [-0.3, -0.25) is 0 Å². The minimum absolute atomic E-state index is 0.233. The van der Waals surface area contributed by atoms with E-state index in [0.29, 0.717) is 18.3 Å². The Morgan fingerprint density at radius 1 is 1.39 bits per heavy atom. The number of ether oxygens (including phenoxy) is 1. The van der Waals surface area contributed by atoms with Crippen molar-refractivity contribution in [2.24, 2.45) is 7.05 Å². The highest BCUT2D eigenvalue weighted by Crippen LogP contribution is 2.20. The van der Waals surface area contributed by atoms with E-state index in [1.807, 2.05) is 11.6 Å². The van der Waals surface area contributed by atoms with Crippen molar-refractivity contribution < 1.29 is 14.6 Å². The zero-order valence-electron chi connectivity index (χ0n) is 13.5. The highest BCUT2D eigenvalue weighted by atomic mass is 32.2. The van der Waals surface area contributed by atoms with E-state index < -0.39 is 5.97 Å². The van der Waals surface area contributed by atoms with Crippen molar-refractivity contribution >= 4 is 17.7 Å². The minimum atomic E-state index is -0.950. The monoisotopic (exact) mass is 335 g/mol. The summed E-state index contributed by atoms with van der Waals surface area (Å²) in [6, 6.07) is 6.52. The predicted molar refractivity (Wildman–Crippen MR) is 89.3 cm³/mol. The zero-order valence-corrected chi connectivity index (χ0v) is 14.3. The molecule has 0 amide bonds. The molecule has 0 saturated heterocycles. The number of aromatic carboxylic acids is 1. The lowest BCUT2D eigenvalue weighted by Crippen LogP contribution is -2.03. The number of hydrogen-bond acceptors (Lipinski definition) is 5. The molecule has 2 aromatic rings. The van der Waals surface area contributed by atoms with Crippen molar-refractivity contribution in [3.05, 3.63) is 35.7 Å². The first kappa shape index (κ1) is 17.3. The van der Waals surface area contributed by atoms with Gasteiger partial charge in [0.15, 0.2) is 5.16 Å². The molecule has 0 aliphatic carbocycles. The molecule has 1 N–H and O–H groups in total. The Morgan fingerprint density at radius 3 is 2.83 bits per heavy atom. The lowest BCUT2D eigenvalue weighted by atomic mass is 10.2. The molecule has 0 aliphatic heterocycles. The number of rotatable bonds is 8. The summed E-state index contributed by atoms with van der Waals surface area (Å²) in [6.45, 7) is 4.72. The summed E-state index contributed by atoms with van der Waals surface area (Å²) in [5, 5.41) is 18.2. The van der Waals surface area contributed by atoms with E-state index >= 15 is 0 Å². The fraction of sp³-hybridized carbons (Fsp3) is 0.438. The van der Waals surface area contributed by atoms with Crippen LogP contribution in [-0.4, -0.2) is 38.2 Å². The van der Waals surface area contributed by atoms with Gasteiger partial charge in [0, 0.05) is 18.7 Å². The number of nitrogens with zero attached hydrogens (tertiary/aromatic N) is 3. The van der Waals surface area contributed by atoms with Crippen LogP contribution in [0.3, 0.4) is 0 Å². The van der Waals surface area contributed by atoms with Crippen molar-refractivity contribution in [1.29, 1.82) is 0 Å². The van der Waals surface area contributed by atoms with E-state index in [0.717, 1.165) is 23.2 Å². The molecule has 0 fully saturated rings. The number of carboxylic acid groups (broad SMARTS) is 1. The molecule has 7 heteroatoms. The summed E-state index contributed by atoms with van der Waals surface area (Å²) in [5.74, 6) is 1.83. The van der Waals surface area contributed by atoms with Crippen LogP contribution >= 0.6 is 11.8 Å². The van der Waals surface area contributed by atoms with Crippen LogP contribution < -0.4 is 4.74 Å². The van der Waals surface area contributed by atoms with Gasteiger partial charge in [-0.1, -0.05) is 31.7 Å². The molecular weight excluding hydrogens is 314 g/mol. The molecule has 23 heavy (non-hydrogen) atoms. The summed E-state index contributed by atoms with van der Waals surface area (Å²) in [6.07, 6.45) is 0.839. The Bertz CT molecular complexity index is 670. The zero-order chi connectivity index (χ0) is 16.8. The molecule has 0 radical (unpaired) electrons. The Labute approximate surface area is 139 Å². The summed E-state index contributed by atoms with van der Waals surface area (Å²) >= 11 is 1.64. The van der Waals surface area contributed by atoms with Crippen LogP contribution in [0, 0.1) is 0 Å². The number of hydrogen-bond donors (Lipinski definition) is 1. The molecule has 0 spiro atoms. The van der Waals surface area contributed by atoms with E-state index in [2.05, 4.69) is 24.0 Å². The SMILES string of the molecule is CC(C)c1nnc(SCCCOc2cccc(C(=O)O)c2)n1C. The Kier molecular flexibility index (Phi) is 6.04. The van der Waals surface area contributed by atoms with Crippen LogP contribution in [0.1, 0.15) is 42.4 Å². The van der Waals surface area contributed by atoms with E-state index in [9.17, 15) is 4.79 Å². The number of carboxylic acids is 1. The van der Waals surface area contributed by atoms with Crippen molar-refractivity contribution in [2.75, 3.05) is 12.4 Å². The molecule has 0 saturated carbocycles. The normalized spacial score (nSPS) is 11.0. The lowest BCUT2D eigenvalue weighted by Gasteiger charge is -2.07. The van der Waals surface area contributed by atoms with Crippen LogP contribution in [0.15, 0.2) is 29.4 Å². The van der Waals surface area contributed by atoms with Gasteiger partial charge in [0.25, 0.3) is 0 Å². The third kappa shape index (κ3) is 4.72. The molecule has 0 unspecified atom stereocenters. The standard InChI is InChI=1S/C16H21N3O3S/c1-11(2)14-17-18-16(19(14)3)23-9-5-8-22-13-7-4-6-12(10-13)15(20)21/h4,6-7,10-11H,5,8-9H2,1-3H3,(H,20,21). The number of benzene rings is 1. The maximum Gasteiger partial charge on any atom is 0.335 e. The van der Waals surface area contributed by atoms with Crippen LogP contribution in [0.4, 0.5) is 0 Å². The van der Waals surface area contributed by atoms with Gasteiger partial charge in [0.1, 0.15) is 11.6 Å². The molecule has 1 aromatic carbocycles. The van der Waals surface area contributed by atoms with Gasteiger partial charge in [0.2, 0.25) is 0 Å². The number of carbonyl (C=O) groups is 1. The highest BCUT2D eigenvalue weighted by Gasteiger charge is 2.11. The fourth-order valence-corrected chi connectivity index (χ4v) is 2.92. The molecule has 6 nitrogen and oxygen atoms in total. The molecule has 0 bridgehead atoms. The first-order chi connectivity index (χ1) is 11.0.